The van der Waals surface area contributed by atoms with Crippen molar-refractivity contribution in [2.45, 2.75) is 9.79 Å². The van der Waals surface area contributed by atoms with Gasteiger partial charge in [-0.15, -0.1) is 0 Å². The fourth-order valence-electron chi connectivity index (χ4n) is 1.41. The first kappa shape index (κ1) is 10.8. The van der Waals surface area contributed by atoms with Crippen LogP contribution in [0.5, 0.6) is 0 Å². The first-order valence-electron chi connectivity index (χ1n) is 5.00. The predicted octanol–water partition coefficient (Wildman–Crippen LogP) is 3.50. The second kappa shape index (κ2) is 4.90. The summed E-state index contributed by atoms with van der Waals surface area (Å²) >= 11 is 0. The summed E-state index contributed by atoms with van der Waals surface area (Å²) in [5.41, 5.74) is 1.04. The Labute approximate surface area is 97.9 Å². The van der Waals surface area contributed by atoms with E-state index in [1.54, 1.807) is 6.08 Å². The smallest absolute Gasteiger partial charge is 0.0849 e. The molecule has 0 saturated carbocycles. The zero-order valence-electron chi connectivity index (χ0n) is 8.80. The minimum Gasteiger partial charge on any atom is -0.249 e. The molecule has 0 fully saturated rings. The Morgan fingerprint density at radius 1 is 0.875 bits per heavy atom. The van der Waals surface area contributed by atoms with Gasteiger partial charge in [0.2, 0.25) is 0 Å². The van der Waals surface area contributed by atoms with Gasteiger partial charge in [0, 0.05) is 9.79 Å². The van der Waals surface area contributed by atoms with Gasteiger partial charge < -0.3 is 0 Å². The van der Waals surface area contributed by atoms with Gasteiger partial charge in [-0.3, -0.25) is 0 Å². The summed E-state index contributed by atoms with van der Waals surface area (Å²) in [7, 11) is -1.09. The van der Waals surface area contributed by atoms with Crippen LogP contribution in [-0.4, -0.2) is 4.21 Å². The molecule has 1 nitrogen and oxygen atoms in total. The third kappa shape index (κ3) is 2.28. The van der Waals surface area contributed by atoms with Crippen LogP contribution in [-0.2, 0) is 10.8 Å². The summed E-state index contributed by atoms with van der Waals surface area (Å²) in [6.07, 6.45) is 1.77. The van der Waals surface area contributed by atoms with E-state index in [0.717, 1.165) is 15.4 Å². The van der Waals surface area contributed by atoms with Crippen molar-refractivity contribution in [3.8, 4) is 0 Å². The molecule has 1 atom stereocenters. The molecule has 2 aromatic rings. The van der Waals surface area contributed by atoms with Crippen molar-refractivity contribution in [3.05, 3.63) is 66.7 Å². The van der Waals surface area contributed by atoms with Crippen molar-refractivity contribution in [2.24, 2.45) is 0 Å². The first-order chi connectivity index (χ1) is 7.81. The van der Waals surface area contributed by atoms with Gasteiger partial charge in [0.15, 0.2) is 0 Å². The van der Waals surface area contributed by atoms with E-state index >= 15 is 0 Å². The SMILES string of the molecule is C=Cc1ccc(S(=O)c2ccccc2)cc1. The lowest BCUT2D eigenvalue weighted by molar-refractivity contribution is 0.683. The summed E-state index contributed by atoms with van der Waals surface area (Å²) < 4.78 is 12.1. The highest BCUT2D eigenvalue weighted by molar-refractivity contribution is 7.85. The summed E-state index contributed by atoms with van der Waals surface area (Å²) in [5, 5.41) is 0. The van der Waals surface area contributed by atoms with E-state index in [9.17, 15) is 4.21 Å². The van der Waals surface area contributed by atoms with Crippen molar-refractivity contribution in [3.63, 3.8) is 0 Å². The van der Waals surface area contributed by atoms with Crippen LogP contribution in [0.4, 0.5) is 0 Å². The summed E-state index contributed by atoms with van der Waals surface area (Å²) in [5.74, 6) is 0. The minimum absolute atomic E-state index is 0.816. The molecule has 0 aromatic heterocycles. The molecule has 0 aliphatic carbocycles. The van der Waals surface area contributed by atoms with Crippen molar-refractivity contribution in [2.75, 3.05) is 0 Å². The van der Waals surface area contributed by atoms with E-state index in [1.807, 2.05) is 54.6 Å². The Bertz CT molecular complexity index is 500. The lowest BCUT2D eigenvalue weighted by Gasteiger charge is -2.02. The molecule has 0 bridgehead atoms. The third-order valence-corrected chi connectivity index (χ3v) is 3.69. The van der Waals surface area contributed by atoms with E-state index in [2.05, 4.69) is 6.58 Å². The van der Waals surface area contributed by atoms with Crippen molar-refractivity contribution >= 4 is 16.9 Å². The number of benzene rings is 2. The van der Waals surface area contributed by atoms with Crippen LogP contribution in [0.15, 0.2) is 71.0 Å². The van der Waals surface area contributed by atoms with Crippen molar-refractivity contribution in [1.82, 2.24) is 0 Å². The highest BCUT2D eigenvalue weighted by Crippen LogP contribution is 2.16. The van der Waals surface area contributed by atoms with Gasteiger partial charge in [-0.2, -0.15) is 0 Å². The molecule has 0 N–H and O–H groups in total. The first-order valence-corrected chi connectivity index (χ1v) is 6.15. The molecule has 0 radical (unpaired) electrons. The van der Waals surface area contributed by atoms with Crippen LogP contribution < -0.4 is 0 Å². The van der Waals surface area contributed by atoms with Gasteiger partial charge in [0.05, 0.1) is 10.8 Å². The second-order valence-electron chi connectivity index (χ2n) is 3.35. The molecule has 2 aromatic carbocycles. The summed E-state index contributed by atoms with van der Waals surface area (Å²) in [6.45, 7) is 3.69. The summed E-state index contributed by atoms with van der Waals surface area (Å²) in [4.78, 5) is 1.64. The van der Waals surface area contributed by atoms with Crippen LogP contribution in [0.25, 0.3) is 6.08 Å². The van der Waals surface area contributed by atoms with Gasteiger partial charge in [0.25, 0.3) is 0 Å². The lowest BCUT2D eigenvalue weighted by atomic mass is 10.2. The maximum Gasteiger partial charge on any atom is 0.0849 e. The van der Waals surface area contributed by atoms with E-state index < -0.39 is 10.8 Å². The Kier molecular flexibility index (Phi) is 3.32. The Balaban J connectivity index is 2.31. The standard InChI is InChI=1S/C14H12OS/c1-2-12-8-10-14(11-9-12)16(15)13-6-4-3-5-7-13/h2-11H,1H2. The van der Waals surface area contributed by atoms with Crippen LogP contribution >= 0.6 is 0 Å². The average Bonchev–Trinajstić information content (AvgIpc) is 2.39. The fourth-order valence-corrected chi connectivity index (χ4v) is 2.47. The van der Waals surface area contributed by atoms with Crippen LogP contribution in [0, 0.1) is 0 Å². The van der Waals surface area contributed by atoms with Gasteiger partial charge in [-0.1, -0.05) is 43.0 Å². The lowest BCUT2D eigenvalue weighted by Crippen LogP contribution is -1.91. The molecule has 2 rings (SSSR count). The molecule has 1 unspecified atom stereocenters. The zero-order valence-corrected chi connectivity index (χ0v) is 9.61. The van der Waals surface area contributed by atoms with Crippen molar-refractivity contribution < 1.29 is 4.21 Å². The number of hydrogen-bond donors (Lipinski definition) is 0. The number of hydrogen-bond acceptors (Lipinski definition) is 1. The van der Waals surface area contributed by atoms with Gasteiger partial charge in [-0.05, 0) is 29.8 Å². The molecule has 0 amide bonds. The zero-order chi connectivity index (χ0) is 11.4. The molecule has 16 heavy (non-hydrogen) atoms. The number of rotatable bonds is 3. The predicted molar refractivity (Wildman–Crippen MR) is 67.6 cm³/mol. The molecule has 0 heterocycles. The van der Waals surface area contributed by atoms with E-state index in [1.165, 1.54) is 0 Å². The molecular formula is C14H12OS. The normalized spacial score (nSPS) is 12.0. The maximum absolute atomic E-state index is 12.1. The van der Waals surface area contributed by atoms with Crippen LogP contribution in [0.3, 0.4) is 0 Å². The van der Waals surface area contributed by atoms with Gasteiger partial charge in [0.1, 0.15) is 0 Å². The molecule has 0 aliphatic rings. The van der Waals surface area contributed by atoms with Gasteiger partial charge in [-0.25, -0.2) is 4.21 Å². The maximum atomic E-state index is 12.1. The van der Waals surface area contributed by atoms with Gasteiger partial charge >= 0.3 is 0 Å². The molecular weight excluding hydrogens is 216 g/mol. The Hall–Kier alpha value is -1.67. The highest BCUT2D eigenvalue weighted by Gasteiger charge is 2.05. The van der Waals surface area contributed by atoms with Crippen LogP contribution in [0.2, 0.25) is 0 Å². The molecule has 0 spiro atoms. The highest BCUT2D eigenvalue weighted by atomic mass is 32.2. The fraction of sp³-hybridized carbons (Fsp3) is 0. The van der Waals surface area contributed by atoms with Crippen molar-refractivity contribution in [1.29, 1.82) is 0 Å². The Morgan fingerprint density at radius 3 is 2.00 bits per heavy atom. The largest absolute Gasteiger partial charge is 0.249 e. The third-order valence-electron chi connectivity index (χ3n) is 2.29. The summed E-state index contributed by atoms with van der Waals surface area (Å²) in [6, 6.07) is 17.0. The van der Waals surface area contributed by atoms with Crippen LogP contribution in [0.1, 0.15) is 5.56 Å². The van der Waals surface area contributed by atoms with E-state index in [-0.39, 0.29) is 0 Å². The topological polar surface area (TPSA) is 17.1 Å². The molecule has 0 aliphatic heterocycles. The minimum atomic E-state index is -1.09. The van der Waals surface area contributed by atoms with E-state index in [4.69, 9.17) is 0 Å². The average molecular weight is 228 g/mol. The Morgan fingerprint density at radius 2 is 1.44 bits per heavy atom. The molecule has 0 saturated heterocycles. The quantitative estimate of drug-likeness (QED) is 0.786. The second-order valence-corrected chi connectivity index (χ2v) is 4.84. The molecule has 80 valence electrons. The molecule has 2 heteroatoms. The monoisotopic (exact) mass is 228 g/mol. The van der Waals surface area contributed by atoms with E-state index in [0.29, 0.717) is 0 Å².